The van der Waals surface area contributed by atoms with Crippen LogP contribution in [0.4, 0.5) is 0 Å². The molecule has 1 N–H and O–H groups in total. The Morgan fingerprint density at radius 1 is 1.00 bits per heavy atom. The van der Waals surface area contributed by atoms with Crippen LogP contribution in [0.25, 0.3) is 0 Å². The molecule has 0 saturated carbocycles. The topological polar surface area (TPSA) is 12.0 Å². The molecule has 1 nitrogen and oxygen atoms in total. The maximum atomic E-state index is 5.87. The molecule has 0 heterocycles. The standard InChI is InChI=1S/C16H17BrClN/c1-12(10-13-2-6-15(17)7-3-13)19-11-14-4-8-16(18)9-5-14/h2-9,12,19H,10-11H2,1H3. The zero-order valence-electron chi connectivity index (χ0n) is 10.9. The lowest BCUT2D eigenvalue weighted by molar-refractivity contribution is 0.545. The summed E-state index contributed by atoms with van der Waals surface area (Å²) in [7, 11) is 0. The molecule has 0 spiro atoms. The SMILES string of the molecule is CC(Cc1ccc(Br)cc1)NCc1ccc(Cl)cc1. The largest absolute Gasteiger partial charge is 0.310 e. The van der Waals surface area contributed by atoms with Gasteiger partial charge in [0.2, 0.25) is 0 Å². The molecule has 0 saturated heterocycles. The van der Waals surface area contributed by atoms with E-state index in [4.69, 9.17) is 11.6 Å². The number of rotatable bonds is 5. The normalized spacial score (nSPS) is 12.4. The highest BCUT2D eigenvalue weighted by Gasteiger charge is 2.03. The Morgan fingerprint density at radius 3 is 2.21 bits per heavy atom. The van der Waals surface area contributed by atoms with Crippen molar-refractivity contribution in [2.24, 2.45) is 0 Å². The summed E-state index contributed by atoms with van der Waals surface area (Å²) in [5.74, 6) is 0. The van der Waals surface area contributed by atoms with Crippen LogP contribution in [-0.2, 0) is 13.0 Å². The fourth-order valence-electron chi connectivity index (χ4n) is 1.94. The Bertz CT molecular complexity index is 507. The monoisotopic (exact) mass is 337 g/mol. The quantitative estimate of drug-likeness (QED) is 0.824. The molecular weight excluding hydrogens is 322 g/mol. The molecule has 0 fully saturated rings. The van der Waals surface area contributed by atoms with Crippen molar-refractivity contribution in [1.82, 2.24) is 5.32 Å². The summed E-state index contributed by atoms with van der Waals surface area (Å²) < 4.78 is 1.12. The molecule has 1 atom stereocenters. The molecule has 1 unspecified atom stereocenters. The van der Waals surface area contributed by atoms with Crippen LogP contribution in [0.5, 0.6) is 0 Å². The summed E-state index contributed by atoms with van der Waals surface area (Å²) >= 11 is 9.32. The Morgan fingerprint density at radius 2 is 1.58 bits per heavy atom. The fraction of sp³-hybridized carbons (Fsp3) is 0.250. The van der Waals surface area contributed by atoms with Gasteiger partial charge in [-0.05, 0) is 48.7 Å². The first-order valence-electron chi connectivity index (χ1n) is 6.36. The van der Waals surface area contributed by atoms with E-state index in [-0.39, 0.29) is 0 Å². The summed E-state index contributed by atoms with van der Waals surface area (Å²) in [6.45, 7) is 3.08. The molecule has 0 aliphatic rings. The van der Waals surface area contributed by atoms with Gasteiger partial charge in [0, 0.05) is 22.1 Å². The minimum Gasteiger partial charge on any atom is -0.310 e. The lowest BCUT2D eigenvalue weighted by Gasteiger charge is -2.14. The van der Waals surface area contributed by atoms with Crippen LogP contribution in [0, 0.1) is 0 Å². The van der Waals surface area contributed by atoms with E-state index < -0.39 is 0 Å². The van der Waals surface area contributed by atoms with E-state index in [1.807, 2.05) is 12.1 Å². The van der Waals surface area contributed by atoms with E-state index in [0.717, 1.165) is 22.5 Å². The number of hydrogen-bond acceptors (Lipinski definition) is 1. The van der Waals surface area contributed by atoms with Crippen molar-refractivity contribution in [3.63, 3.8) is 0 Å². The molecule has 0 amide bonds. The highest BCUT2D eigenvalue weighted by molar-refractivity contribution is 9.10. The average Bonchev–Trinajstić information content (AvgIpc) is 2.41. The molecule has 2 rings (SSSR count). The van der Waals surface area contributed by atoms with Crippen molar-refractivity contribution >= 4 is 27.5 Å². The van der Waals surface area contributed by atoms with Crippen LogP contribution >= 0.6 is 27.5 Å². The van der Waals surface area contributed by atoms with Crippen LogP contribution in [0.3, 0.4) is 0 Å². The highest BCUT2D eigenvalue weighted by atomic mass is 79.9. The Hall–Kier alpha value is -0.830. The zero-order chi connectivity index (χ0) is 13.7. The summed E-state index contributed by atoms with van der Waals surface area (Å²) in [5.41, 5.74) is 2.60. The molecule has 2 aromatic rings. The van der Waals surface area contributed by atoms with Crippen molar-refractivity contribution in [2.75, 3.05) is 0 Å². The van der Waals surface area contributed by atoms with Gasteiger partial charge in [-0.2, -0.15) is 0 Å². The molecule has 19 heavy (non-hydrogen) atoms. The molecule has 100 valence electrons. The lowest BCUT2D eigenvalue weighted by atomic mass is 10.1. The van der Waals surface area contributed by atoms with Crippen LogP contribution in [0.2, 0.25) is 5.02 Å². The van der Waals surface area contributed by atoms with Gasteiger partial charge in [-0.3, -0.25) is 0 Å². The fourth-order valence-corrected chi connectivity index (χ4v) is 2.33. The van der Waals surface area contributed by atoms with E-state index in [2.05, 4.69) is 64.6 Å². The van der Waals surface area contributed by atoms with Gasteiger partial charge in [0.1, 0.15) is 0 Å². The van der Waals surface area contributed by atoms with Gasteiger partial charge in [0.05, 0.1) is 0 Å². The molecule has 0 radical (unpaired) electrons. The third-order valence-electron chi connectivity index (χ3n) is 3.02. The summed E-state index contributed by atoms with van der Waals surface area (Å²) in [6.07, 6.45) is 1.03. The predicted molar refractivity (Wildman–Crippen MR) is 85.6 cm³/mol. The second kappa shape index (κ2) is 7.09. The number of hydrogen-bond donors (Lipinski definition) is 1. The number of benzene rings is 2. The first-order valence-corrected chi connectivity index (χ1v) is 7.53. The maximum Gasteiger partial charge on any atom is 0.0406 e. The lowest BCUT2D eigenvalue weighted by Crippen LogP contribution is -2.27. The molecule has 0 aliphatic heterocycles. The molecule has 3 heteroatoms. The van der Waals surface area contributed by atoms with E-state index in [1.54, 1.807) is 0 Å². The molecule has 0 bridgehead atoms. The second-order valence-corrected chi connectivity index (χ2v) is 6.09. The van der Waals surface area contributed by atoms with Crippen molar-refractivity contribution < 1.29 is 0 Å². The van der Waals surface area contributed by atoms with E-state index in [9.17, 15) is 0 Å². The van der Waals surface area contributed by atoms with Crippen molar-refractivity contribution in [3.05, 3.63) is 69.2 Å². The summed E-state index contributed by atoms with van der Waals surface area (Å²) in [4.78, 5) is 0. The van der Waals surface area contributed by atoms with Gasteiger partial charge >= 0.3 is 0 Å². The Kier molecular flexibility index (Phi) is 5.44. The van der Waals surface area contributed by atoms with Gasteiger partial charge in [0.15, 0.2) is 0 Å². The van der Waals surface area contributed by atoms with Crippen molar-refractivity contribution in [3.8, 4) is 0 Å². The van der Waals surface area contributed by atoms with Crippen LogP contribution in [0.1, 0.15) is 18.1 Å². The van der Waals surface area contributed by atoms with Gasteiger partial charge in [0.25, 0.3) is 0 Å². The third-order valence-corrected chi connectivity index (χ3v) is 3.80. The highest BCUT2D eigenvalue weighted by Crippen LogP contribution is 2.12. The average molecular weight is 339 g/mol. The predicted octanol–water partition coefficient (Wildman–Crippen LogP) is 4.82. The molecule has 0 aromatic heterocycles. The Balaban J connectivity index is 1.82. The smallest absolute Gasteiger partial charge is 0.0406 e. The first kappa shape index (κ1) is 14.6. The van der Waals surface area contributed by atoms with Crippen molar-refractivity contribution in [1.29, 1.82) is 0 Å². The summed E-state index contributed by atoms with van der Waals surface area (Å²) in [5, 5.41) is 4.31. The number of nitrogens with one attached hydrogen (secondary N) is 1. The zero-order valence-corrected chi connectivity index (χ0v) is 13.2. The van der Waals surface area contributed by atoms with E-state index in [1.165, 1.54) is 11.1 Å². The van der Waals surface area contributed by atoms with Crippen LogP contribution < -0.4 is 5.32 Å². The number of halogens is 2. The van der Waals surface area contributed by atoms with Gasteiger partial charge < -0.3 is 5.32 Å². The maximum absolute atomic E-state index is 5.87. The molecule has 0 aliphatic carbocycles. The first-order chi connectivity index (χ1) is 9.13. The minimum absolute atomic E-state index is 0.442. The minimum atomic E-state index is 0.442. The van der Waals surface area contributed by atoms with Gasteiger partial charge in [-0.15, -0.1) is 0 Å². The molecule has 2 aromatic carbocycles. The Labute approximate surface area is 128 Å². The van der Waals surface area contributed by atoms with E-state index in [0.29, 0.717) is 6.04 Å². The van der Waals surface area contributed by atoms with Gasteiger partial charge in [-0.25, -0.2) is 0 Å². The van der Waals surface area contributed by atoms with E-state index >= 15 is 0 Å². The van der Waals surface area contributed by atoms with Crippen molar-refractivity contribution in [2.45, 2.75) is 25.9 Å². The second-order valence-electron chi connectivity index (χ2n) is 4.74. The summed E-state index contributed by atoms with van der Waals surface area (Å²) in [6, 6.07) is 16.9. The molecular formula is C16H17BrClN. The van der Waals surface area contributed by atoms with Crippen LogP contribution in [-0.4, -0.2) is 6.04 Å². The van der Waals surface area contributed by atoms with Gasteiger partial charge in [-0.1, -0.05) is 51.8 Å². The van der Waals surface area contributed by atoms with Crippen LogP contribution in [0.15, 0.2) is 53.0 Å². The third kappa shape index (κ3) is 4.98.